The summed E-state index contributed by atoms with van der Waals surface area (Å²) in [5, 5.41) is 0.861. The molecule has 0 atom stereocenters. The van der Waals surface area contributed by atoms with Crippen molar-refractivity contribution in [2.75, 3.05) is 18.6 Å². The summed E-state index contributed by atoms with van der Waals surface area (Å²) in [7, 11) is 1.56. The molecule has 0 radical (unpaired) electrons. The Balaban J connectivity index is 1.70. The van der Waals surface area contributed by atoms with Crippen molar-refractivity contribution in [3.8, 4) is 5.75 Å². The van der Waals surface area contributed by atoms with E-state index in [0.29, 0.717) is 12.2 Å². The van der Waals surface area contributed by atoms with Gasteiger partial charge in [-0.1, -0.05) is 44.1 Å². The number of hydrogen-bond donors (Lipinski definition) is 0. The first kappa shape index (κ1) is 21.5. The molecule has 156 valence electrons. The van der Waals surface area contributed by atoms with Crippen molar-refractivity contribution in [1.82, 2.24) is 4.98 Å². The summed E-state index contributed by atoms with van der Waals surface area (Å²) in [5.41, 5.74) is 1.45. The van der Waals surface area contributed by atoms with E-state index in [1.54, 1.807) is 49.6 Å². The first-order valence-corrected chi connectivity index (χ1v) is 10.3. The Morgan fingerprint density at radius 1 is 1.13 bits per heavy atom. The molecule has 30 heavy (non-hydrogen) atoms. The Bertz CT molecular complexity index is 1030. The molecule has 1 heterocycles. The van der Waals surface area contributed by atoms with Gasteiger partial charge in [0.25, 0.3) is 5.91 Å². The minimum absolute atomic E-state index is 0.132. The van der Waals surface area contributed by atoms with Crippen LogP contribution in [0.1, 0.15) is 43.0 Å². The SMILES string of the molecule is CCCCCC=CCOc1cccc(N(C)C(=O)c2ccc3ncccc3c2)c1F. The maximum atomic E-state index is 15.0. The minimum atomic E-state index is -0.546. The number of carbonyl (C=O) groups excluding carboxylic acids is 1. The number of fused-ring (bicyclic) bond motifs is 1. The molecular formula is C25H27FN2O2. The Kier molecular flexibility index (Phi) is 7.55. The van der Waals surface area contributed by atoms with Gasteiger partial charge in [0.2, 0.25) is 0 Å². The number of amides is 1. The van der Waals surface area contributed by atoms with E-state index in [2.05, 4.69) is 18.0 Å². The zero-order valence-electron chi connectivity index (χ0n) is 17.5. The number of hydrogen-bond acceptors (Lipinski definition) is 3. The van der Waals surface area contributed by atoms with Crippen molar-refractivity contribution in [2.45, 2.75) is 32.6 Å². The highest BCUT2D eigenvalue weighted by Gasteiger charge is 2.19. The second-order valence-electron chi connectivity index (χ2n) is 7.14. The van der Waals surface area contributed by atoms with Crippen molar-refractivity contribution < 1.29 is 13.9 Å². The number of ether oxygens (including phenoxy) is 1. The number of rotatable bonds is 9. The molecule has 3 rings (SSSR count). The van der Waals surface area contributed by atoms with Crippen LogP contribution < -0.4 is 9.64 Å². The molecule has 5 heteroatoms. The van der Waals surface area contributed by atoms with Crippen LogP contribution in [0.3, 0.4) is 0 Å². The molecule has 1 aromatic heterocycles. The molecule has 3 aromatic rings. The lowest BCUT2D eigenvalue weighted by Gasteiger charge is -2.19. The molecule has 0 N–H and O–H groups in total. The fraction of sp³-hybridized carbons (Fsp3) is 0.280. The molecule has 0 bridgehead atoms. The van der Waals surface area contributed by atoms with E-state index in [4.69, 9.17) is 4.74 Å². The van der Waals surface area contributed by atoms with Gasteiger partial charge in [0.05, 0.1) is 11.2 Å². The lowest BCUT2D eigenvalue weighted by Crippen LogP contribution is -2.27. The van der Waals surface area contributed by atoms with Crippen LogP contribution in [0.5, 0.6) is 5.75 Å². The Hall–Kier alpha value is -3.21. The van der Waals surface area contributed by atoms with Gasteiger partial charge >= 0.3 is 0 Å². The van der Waals surface area contributed by atoms with E-state index in [1.165, 1.54) is 17.7 Å². The first-order valence-electron chi connectivity index (χ1n) is 10.3. The smallest absolute Gasteiger partial charge is 0.258 e. The number of aromatic nitrogens is 1. The molecule has 0 saturated carbocycles. The third-order valence-electron chi connectivity index (χ3n) is 4.93. The molecule has 0 spiro atoms. The highest BCUT2D eigenvalue weighted by molar-refractivity contribution is 6.07. The van der Waals surface area contributed by atoms with Gasteiger partial charge in [0.1, 0.15) is 6.61 Å². The molecule has 0 fully saturated rings. The van der Waals surface area contributed by atoms with Crippen LogP contribution in [0.15, 0.2) is 66.9 Å². The van der Waals surface area contributed by atoms with Gasteiger partial charge in [0, 0.05) is 24.2 Å². The largest absolute Gasteiger partial charge is 0.486 e. The van der Waals surface area contributed by atoms with Crippen LogP contribution in [0.2, 0.25) is 0 Å². The predicted octanol–water partition coefficient (Wildman–Crippen LogP) is 6.17. The molecule has 0 saturated heterocycles. The molecule has 0 aliphatic rings. The van der Waals surface area contributed by atoms with Crippen molar-refractivity contribution >= 4 is 22.5 Å². The molecule has 2 aromatic carbocycles. The van der Waals surface area contributed by atoms with Crippen molar-refractivity contribution in [3.63, 3.8) is 0 Å². The van der Waals surface area contributed by atoms with Crippen LogP contribution in [-0.2, 0) is 0 Å². The Morgan fingerprint density at radius 2 is 2.00 bits per heavy atom. The maximum Gasteiger partial charge on any atom is 0.258 e. The first-order chi connectivity index (χ1) is 14.6. The number of pyridine rings is 1. The Labute approximate surface area is 177 Å². The molecule has 0 aliphatic heterocycles. The summed E-state index contributed by atoms with van der Waals surface area (Å²) in [6.45, 7) is 2.46. The van der Waals surface area contributed by atoms with E-state index in [0.717, 1.165) is 23.7 Å². The fourth-order valence-electron chi connectivity index (χ4n) is 3.22. The average Bonchev–Trinajstić information content (AvgIpc) is 2.78. The summed E-state index contributed by atoms with van der Waals surface area (Å²) >= 11 is 0. The summed E-state index contributed by atoms with van der Waals surface area (Å²) in [6, 6.07) is 13.8. The molecule has 0 aliphatic carbocycles. The zero-order chi connectivity index (χ0) is 21.3. The summed E-state index contributed by atoms with van der Waals surface area (Å²) in [5.74, 6) is -0.712. The summed E-state index contributed by atoms with van der Waals surface area (Å²) < 4.78 is 20.5. The standard InChI is InChI=1S/C25H27FN2O2/c1-3-4-5-6-7-8-17-30-23-13-9-12-22(24(23)26)28(2)25(29)20-14-15-21-19(18-20)11-10-16-27-21/h7-16,18H,3-6,17H2,1-2H3. The monoisotopic (exact) mass is 406 g/mol. The van der Waals surface area contributed by atoms with Gasteiger partial charge < -0.3 is 9.64 Å². The second kappa shape index (κ2) is 10.5. The van der Waals surface area contributed by atoms with Gasteiger partial charge in [-0.3, -0.25) is 9.78 Å². The van der Waals surface area contributed by atoms with Crippen molar-refractivity contribution in [3.05, 3.63) is 78.3 Å². The number of unbranched alkanes of at least 4 members (excludes halogenated alkanes) is 3. The molecule has 4 nitrogen and oxygen atoms in total. The quantitative estimate of drug-likeness (QED) is 0.315. The fourth-order valence-corrected chi connectivity index (χ4v) is 3.22. The summed E-state index contributed by atoms with van der Waals surface area (Å²) in [4.78, 5) is 18.5. The van der Waals surface area contributed by atoms with E-state index < -0.39 is 5.82 Å². The summed E-state index contributed by atoms with van der Waals surface area (Å²) in [6.07, 6.45) is 10.2. The van der Waals surface area contributed by atoms with Gasteiger partial charge in [-0.2, -0.15) is 0 Å². The van der Waals surface area contributed by atoms with Crippen LogP contribution >= 0.6 is 0 Å². The normalized spacial score (nSPS) is 11.2. The molecule has 0 unspecified atom stereocenters. The second-order valence-corrected chi connectivity index (χ2v) is 7.14. The number of halogens is 1. The van der Waals surface area contributed by atoms with Crippen LogP contribution in [0, 0.1) is 5.82 Å². The number of benzene rings is 2. The van der Waals surface area contributed by atoms with Crippen molar-refractivity contribution in [1.29, 1.82) is 0 Å². The van der Waals surface area contributed by atoms with E-state index in [1.807, 2.05) is 18.2 Å². The van der Waals surface area contributed by atoms with Gasteiger partial charge in [-0.25, -0.2) is 4.39 Å². The van der Waals surface area contributed by atoms with Gasteiger partial charge in [0.15, 0.2) is 11.6 Å². The average molecular weight is 407 g/mol. The third kappa shape index (κ3) is 5.23. The third-order valence-corrected chi connectivity index (χ3v) is 4.93. The number of nitrogens with zero attached hydrogens (tertiary/aromatic N) is 2. The number of anilines is 1. The predicted molar refractivity (Wildman–Crippen MR) is 120 cm³/mol. The minimum Gasteiger partial charge on any atom is -0.486 e. The lowest BCUT2D eigenvalue weighted by molar-refractivity contribution is 0.0992. The van der Waals surface area contributed by atoms with E-state index >= 15 is 0 Å². The van der Waals surface area contributed by atoms with Crippen LogP contribution in [0.25, 0.3) is 10.9 Å². The van der Waals surface area contributed by atoms with E-state index in [9.17, 15) is 9.18 Å². The number of allylic oxidation sites excluding steroid dienone is 1. The lowest BCUT2D eigenvalue weighted by atomic mass is 10.1. The highest BCUT2D eigenvalue weighted by atomic mass is 19.1. The van der Waals surface area contributed by atoms with Crippen LogP contribution in [0.4, 0.5) is 10.1 Å². The van der Waals surface area contributed by atoms with Gasteiger partial charge in [-0.05, 0) is 49.2 Å². The maximum absolute atomic E-state index is 15.0. The van der Waals surface area contributed by atoms with E-state index in [-0.39, 0.29) is 17.3 Å². The van der Waals surface area contributed by atoms with Crippen LogP contribution in [-0.4, -0.2) is 24.5 Å². The number of carbonyl (C=O) groups is 1. The highest BCUT2D eigenvalue weighted by Crippen LogP contribution is 2.28. The topological polar surface area (TPSA) is 42.4 Å². The van der Waals surface area contributed by atoms with Crippen molar-refractivity contribution in [2.24, 2.45) is 0 Å². The van der Waals surface area contributed by atoms with Gasteiger partial charge in [-0.15, -0.1) is 0 Å². The molecular weight excluding hydrogens is 379 g/mol. The zero-order valence-corrected chi connectivity index (χ0v) is 17.5. The molecule has 1 amide bonds. The Morgan fingerprint density at radius 3 is 2.83 bits per heavy atom.